The van der Waals surface area contributed by atoms with Gasteiger partial charge in [-0.25, -0.2) is 8.42 Å². The molecule has 0 aromatic carbocycles. The van der Waals surface area contributed by atoms with Crippen LogP contribution < -0.4 is 4.72 Å². The molecular formula is C8H15N3O2S. The molecule has 1 rings (SSSR count). The number of rotatable bonds is 2. The van der Waals surface area contributed by atoms with E-state index in [4.69, 9.17) is 0 Å². The zero-order valence-electron chi connectivity index (χ0n) is 8.75. The normalized spacial score (nSPS) is 12.9. The van der Waals surface area contributed by atoms with Gasteiger partial charge in [0.1, 0.15) is 0 Å². The first-order valence-electron chi connectivity index (χ1n) is 4.27. The number of nitrogens with zero attached hydrogens (tertiary/aromatic N) is 1. The average molecular weight is 217 g/mol. The first-order chi connectivity index (χ1) is 6.22. The zero-order valence-corrected chi connectivity index (χ0v) is 9.57. The molecule has 0 unspecified atom stereocenters. The molecule has 0 saturated carbocycles. The second-order valence-corrected chi connectivity index (χ2v) is 6.59. The molecule has 6 heteroatoms. The highest BCUT2D eigenvalue weighted by Gasteiger charge is 2.29. The lowest BCUT2D eigenvalue weighted by Crippen LogP contribution is -2.33. The molecule has 1 heterocycles. The van der Waals surface area contributed by atoms with Crippen LogP contribution in [0.25, 0.3) is 0 Å². The Morgan fingerprint density at radius 2 is 2.00 bits per heavy atom. The summed E-state index contributed by atoms with van der Waals surface area (Å²) in [7, 11) is -3.37. The van der Waals surface area contributed by atoms with Gasteiger partial charge in [0.15, 0.2) is 5.82 Å². The van der Waals surface area contributed by atoms with Crippen LogP contribution in [0.4, 0.5) is 5.82 Å². The topological polar surface area (TPSA) is 74.8 Å². The maximum atomic E-state index is 11.7. The highest BCUT2D eigenvalue weighted by Crippen LogP contribution is 2.18. The Hall–Kier alpha value is -1.04. The molecule has 14 heavy (non-hydrogen) atoms. The van der Waals surface area contributed by atoms with Crippen LogP contribution >= 0.6 is 0 Å². The number of hydrogen-bond donors (Lipinski definition) is 2. The first-order valence-corrected chi connectivity index (χ1v) is 5.75. The monoisotopic (exact) mass is 217 g/mol. The number of aromatic amines is 1. The molecule has 0 spiro atoms. The summed E-state index contributed by atoms with van der Waals surface area (Å²) in [5, 5.41) is 6.46. The highest BCUT2D eigenvalue weighted by molar-refractivity contribution is 7.94. The van der Waals surface area contributed by atoms with Crippen LogP contribution in [0.15, 0.2) is 6.07 Å². The van der Waals surface area contributed by atoms with E-state index in [2.05, 4.69) is 14.9 Å². The fourth-order valence-corrected chi connectivity index (χ4v) is 1.45. The summed E-state index contributed by atoms with van der Waals surface area (Å²) in [5.74, 6) is 0.331. The molecule has 80 valence electrons. The van der Waals surface area contributed by atoms with E-state index in [9.17, 15) is 8.42 Å². The van der Waals surface area contributed by atoms with Gasteiger partial charge < -0.3 is 0 Å². The SMILES string of the molecule is Cc1cc(NS(=O)(=O)C(C)(C)C)n[nH]1. The third kappa shape index (κ3) is 2.25. The van der Waals surface area contributed by atoms with Crippen LogP contribution in [0.5, 0.6) is 0 Å². The maximum absolute atomic E-state index is 11.7. The van der Waals surface area contributed by atoms with Crippen LogP contribution in [-0.2, 0) is 10.0 Å². The summed E-state index contributed by atoms with van der Waals surface area (Å²) in [6.45, 7) is 6.71. The van der Waals surface area contributed by atoms with Crippen molar-refractivity contribution in [2.75, 3.05) is 4.72 Å². The van der Waals surface area contributed by atoms with Crippen molar-refractivity contribution in [1.29, 1.82) is 0 Å². The molecule has 0 aliphatic heterocycles. The van der Waals surface area contributed by atoms with Crippen LogP contribution in [0.2, 0.25) is 0 Å². The fraction of sp³-hybridized carbons (Fsp3) is 0.625. The molecule has 0 atom stereocenters. The largest absolute Gasteiger partial charge is 0.281 e. The van der Waals surface area contributed by atoms with Crippen molar-refractivity contribution in [2.24, 2.45) is 0 Å². The van der Waals surface area contributed by atoms with Crippen molar-refractivity contribution in [3.05, 3.63) is 11.8 Å². The van der Waals surface area contributed by atoms with Gasteiger partial charge in [-0.05, 0) is 27.7 Å². The molecule has 5 nitrogen and oxygen atoms in total. The maximum Gasteiger partial charge on any atom is 0.238 e. The van der Waals surface area contributed by atoms with Gasteiger partial charge in [0.25, 0.3) is 0 Å². The van der Waals surface area contributed by atoms with E-state index < -0.39 is 14.8 Å². The average Bonchev–Trinajstić information content (AvgIpc) is 2.31. The number of anilines is 1. The van der Waals surface area contributed by atoms with E-state index in [1.165, 1.54) is 0 Å². The molecule has 0 aliphatic carbocycles. The van der Waals surface area contributed by atoms with Gasteiger partial charge in [0, 0.05) is 11.8 Å². The second kappa shape index (κ2) is 3.27. The summed E-state index contributed by atoms with van der Waals surface area (Å²) in [5.41, 5.74) is 0.816. The molecule has 0 amide bonds. The molecular weight excluding hydrogens is 202 g/mol. The Morgan fingerprint density at radius 1 is 1.43 bits per heavy atom. The predicted molar refractivity (Wildman–Crippen MR) is 55.6 cm³/mol. The Labute approximate surface area is 84.0 Å². The predicted octanol–water partition coefficient (Wildman–Crippen LogP) is 1.26. The van der Waals surface area contributed by atoms with Crippen molar-refractivity contribution < 1.29 is 8.42 Å². The Kier molecular flexibility index (Phi) is 2.58. The summed E-state index contributed by atoms with van der Waals surface area (Å²) in [4.78, 5) is 0. The lowest BCUT2D eigenvalue weighted by Gasteiger charge is -2.18. The molecule has 1 aromatic heterocycles. The highest BCUT2D eigenvalue weighted by atomic mass is 32.2. The first kappa shape index (κ1) is 11.0. The third-order valence-electron chi connectivity index (χ3n) is 1.75. The van der Waals surface area contributed by atoms with E-state index in [1.807, 2.05) is 6.92 Å². The number of sulfonamides is 1. The lowest BCUT2D eigenvalue weighted by molar-refractivity contribution is 0.566. The minimum absolute atomic E-state index is 0.331. The van der Waals surface area contributed by atoms with Crippen LogP contribution in [0, 0.1) is 6.92 Å². The smallest absolute Gasteiger partial charge is 0.238 e. The summed E-state index contributed by atoms with van der Waals surface area (Å²) >= 11 is 0. The molecule has 0 bridgehead atoms. The Bertz CT molecular complexity index is 414. The van der Waals surface area contributed by atoms with Crippen molar-refractivity contribution >= 4 is 15.8 Å². The van der Waals surface area contributed by atoms with E-state index in [-0.39, 0.29) is 0 Å². The van der Waals surface area contributed by atoms with Gasteiger partial charge in [-0.2, -0.15) is 5.10 Å². The van der Waals surface area contributed by atoms with Gasteiger partial charge in [-0.1, -0.05) is 0 Å². The minimum atomic E-state index is -3.37. The number of aryl methyl sites for hydroxylation is 1. The standard InChI is InChI=1S/C8H15N3O2S/c1-6-5-7(10-9-6)11-14(12,13)8(2,3)4/h5H,1-4H3,(H2,9,10,11). The lowest BCUT2D eigenvalue weighted by atomic mass is 10.3. The van der Waals surface area contributed by atoms with E-state index in [0.29, 0.717) is 5.82 Å². The molecule has 0 aliphatic rings. The summed E-state index contributed by atoms with van der Waals surface area (Å²) in [6.07, 6.45) is 0. The van der Waals surface area contributed by atoms with Crippen molar-refractivity contribution in [2.45, 2.75) is 32.4 Å². The number of aromatic nitrogens is 2. The molecule has 1 aromatic rings. The molecule has 0 saturated heterocycles. The van der Waals surface area contributed by atoms with E-state index >= 15 is 0 Å². The summed E-state index contributed by atoms with van der Waals surface area (Å²) in [6, 6.07) is 1.64. The summed E-state index contributed by atoms with van der Waals surface area (Å²) < 4.78 is 24.9. The number of H-pyrrole nitrogens is 1. The van der Waals surface area contributed by atoms with Crippen LogP contribution in [0.3, 0.4) is 0 Å². The third-order valence-corrected chi connectivity index (χ3v) is 3.84. The van der Waals surface area contributed by atoms with Crippen molar-refractivity contribution in [1.82, 2.24) is 10.2 Å². The van der Waals surface area contributed by atoms with Crippen molar-refractivity contribution in [3.63, 3.8) is 0 Å². The second-order valence-electron chi connectivity index (χ2n) is 4.15. The molecule has 0 radical (unpaired) electrons. The zero-order chi connectivity index (χ0) is 11.0. The Morgan fingerprint density at radius 3 is 2.36 bits per heavy atom. The molecule has 0 fully saturated rings. The molecule has 2 N–H and O–H groups in total. The Balaban J connectivity index is 2.90. The number of nitrogens with one attached hydrogen (secondary N) is 2. The van der Waals surface area contributed by atoms with Gasteiger partial charge in [-0.15, -0.1) is 0 Å². The van der Waals surface area contributed by atoms with Gasteiger partial charge in [0.05, 0.1) is 4.75 Å². The van der Waals surface area contributed by atoms with Gasteiger partial charge in [-0.3, -0.25) is 9.82 Å². The fourth-order valence-electron chi connectivity index (χ4n) is 0.761. The van der Waals surface area contributed by atoms with Crippen molar-refractivity contribution in [3.8, 4) is 0 Å². The number of hydrogen-bond acceptors (Lipinski definition) is 3. The van der Waals surface area contributed by atoms with Gasteiger partial charge in [0.2, 0.25) is 10.0 Å². The quantitative estimate of drug-likeness (QED) is 0.783. The van der Waals surface area contributed by atoms with Crippen LogP contribution in [0.1, 0.15) is 26.5 Å². The van der Waals surface area contributed by atoms with E-state index in [1.54, 1.807) is 26.8 Å². The van der Waals surface area contributed by atoms with Gasteiger partial charge >= 0.3 is 0 Å². The van der Waals surface area contributed by atoms with E-state index in [0.717, 1.165) is 5.69 Å². The minimum Gasteiger partial charge on any atom is -0.281 e. The van der Waals surface area contributed by atoms with Crippen LogP contribution in [-0.4, -0.2) is 23.4 Å².